The van der Waals surface area contributed by atoms with Gasteiger partial charge in [0.05, 0.1) is 5.92 Å². The van der Waals surface area contributed by atoms with Gasteiger partial charge in [0.2, 0.25) is 0 Å². The maximum Gasteiger partial charge on any atom is 0.306 e. The zero-order valence-corrected chi connectivity index (χ0v) is 28.7. The van der Waals surface area contributed by atoms with Crippen LogP contribution in [-0.4, -0.2) is 11.1 Å². The Bertz CT molecular complexity index is 488. The number of carboxylic acids is 1. The second-order valence-electron chi connectivity index (χ2n) is 13.6. The average Bonchev–Trinajstić information content (AvgIpc) is 2.97. The quantitative estimate of drug-likeness (QED) is 0.0751. The third-order valence-corrected chi connectivity index (χ3v) is 9.41. The molecule has 0 amide bonds. The second kappa shape index (κ2) is 35.7. The molecule has 41 heavy (non-hydrogen) atoms. The fraction of sp³-hybridized carbons (Fsp3) is 0.974. The number of hydrogen-bond acceptors (Lipinski definition) is 1. The van der Waals surface area contributed by atoms with Gasteiger partial charge in [-0.15, -0.1) is 0 Å². The lowest BCUT2D eigenvalue weighted by Crippen LogP contribution is -2.13. The summed E-state index contributed by atoms with van der Waals surface area (Å²) in [4.78, 5) is 11.6. The van der Waals surface area contributed by atoms with Crippen molar-refractivity contribution in [3.05, 3.63) is 0 Å². The lowest BCUT2D eigenvalue weighted by molar-refractivity contribution is -0.142. The van der Waals surface area contributed by atoms with Crippen molar-refractivity contribution in [2.45, 2.75) is 239 Å². The molecule has 0 bridgehead atoms. The molecule has 246 valence electrons. The van der Waals surface area contributed by atoms with E-state index in [0.29, 0.717) is 0 Å². The van der Waals surface area contributed by atoms with Gasteiger partial charge in [0, 0.05) is 0 Å². The highest BCUT2D eigenvalue weighted by Gasteiger charge is 2.16. The summed E-state index contributed by atoms with van der Waals surface area (Å²) in [5, 5.41) is 9.56. The van der Waals surface area contributed by atoms with Gasteiger partial charge < -0.3 is 5.11 Å². The van der Waals surface area contributed by atoms with E-state index in [2.05, 4.69) is 13.8 Å². The Balaban J connectivity index is 3.27. The van der Waals surface area contributed by atoms with Gasteiger partial charge in [-0.1, -0.05) is 226 Å². The van der Waals surface area contributed by atoms with Crippen molar-refractivity contribution >= 4 is 5.97 Å². The van der Waals surface area contributed by atoms with Crippen molar-refractivity contribution in [1.82, 2.24) is 0 Å². The molecule has 0 aliphatic rings. The van der Waals surface area contributed by atoms with Gasteiger partial charge in [-0.2, -0.15) is 0 Å². The van der Waals surface area contributed by atoms with Crippen LogP contribution >= 0.6 is 0 Å². The molecule has 0 heterocycles. The Hall–Kier alpha value is -0.530. The van der Waals surface area contributed by atoms with Gasteiger partial charge in [0.1, 0.15) is 0 Å². The minimum atomic E-state index is -0.558. The molecule has 0 radical (unpaired) electrons. The van der Waals surface area contributed by atoms with Crippen LogP contribution in [-0.2, 0) is 4.79 Å². The lowest BCUT2D eigenvalue weighted by atomic mass is 9.94. The summed E-state index contributed by atoms with van der Waals surface area (Å²) in [5.41, 5.74) is 0. The Morgan fingerprint density at radius 2 is 0.512 bits per heavy atom. The van der Waals surface area contributed by atoms with Crippen LogP contribution in [0.3, 0.4) is 0 Å². The molecular formula is C39H78O2. The van der Waals surface area contributed by atoms with Crippen LogP contribution in [0.5, 0.6) is 0 Å². The highest BCUT2D eigenvalue weighted by Crippen LogP contribution is 2.20. The molecule has 0 fully saturated rings. The number of unbranched alkanes of at least 4 members (excludes halogenated alkanes) is 31. The first-order valence-corrected chi connectivity index (χ1v) is 19.4. The normalized spacial score (nSPS) is 12.2. The van der Waals surface area contributed by atoms with E-state index in [1.54, 1.807) is 0 Å². The first-order valence-electron chi connectivity index (χ1n) is 19.4. The summed E-state index contributed by atoms with van der Waals surface area (Å²) >= 11 is 0. The Kier molecular flexibility index (Phi) is 35.2. The van der Waals surface area contributed by atoms with Gasteiger partial charge in [-0.3, -0.25) is 4.79 Å². The topological polar surface area (TPSA) is 37.3 Å². The Morgan fingerprint density at radius 1 is 0.341 bits per heavy atom. The Labute approximate surface area is 260 Å². The largest absolute Gasteiger partial charge is 0.481 e. The average molecular weight is 579 g/mol. The summed E-state index contributed by atoms with van der Waals surface area (Å²) < 4.78 is 0. The Morgan fingerprint density at radius 3 is 0.683 bits per heavy atom. The predicted molar refractivity (Wildman–Crippen MR) is 184 cm³/mol. The molecule has 0 rings (SSSR count). The molecule has 0 aromatic carbocycles. The first kappa shape index (κ1) is 40.5. The second-order valence-corrected chi connectivity index (χ2v) is 13.6. The van der Waals surface area contributed by atoms with Crippen molar-refractivity contribution in [2.75, 3.05) is 0 Å². The van der Waals surface area contributed by atoms with E-state index in [9.17, 15) is 9.90 Å². The molecule has 0 aliphatic carbocycles. The van der Waals surface area contributed by atoms with Crippen molar-refractivity contribution in [3.8, 4) is 0 Å². The number of hydrogen-bond donors (Lipinski definition) is 1. The molecule has 2 nitrogen and oxygen atoms in total. The molecule has 1 atom stereocenters. The summed E-state index contributed by atoms with van der Waals surface area (Å²) in [6, 6.07) is 0. The maximum atomic E-state index is 11.6. The van der Waals surface area contributed by atoms with Crippen LogP contribution in [0.15, 0.2) is 0 Å². The van der Waals surface area contributed by atoms with Crippen molar-refractivity contribution in [1.29, 1.82) is 0 Å². The van der Waals surface area contributed by atoms with Crippen molar-refractivity contribution in [2.24, 2.45) is 5.92 Å². The number of aliphatic carboxylic acids is 1. The van der Waals surface area contributed by atoms with Crippen LogP contribution in [0.25, 0.3) is 0 Å². The highest BCUT2D eigenvalue weighted by atomic mass is 16.4. The molecule has 0 saturated heterocycles. The molecule has 1 unspecified atom stereocenters. The van der Waals surface area contributed by atoms with Gasteiger partial charge >= 0.3 is 5.97 Å². The summed E-state index contributed by atoms with van der Waals surface area (Å²) in [5.74, 6) is -0.656. The van der Waals surface area contributed by atoms with Crippen LogP contribution in [0.1, 0.15) is 239 Å². The van der Waals surface area contributed by atoms with Crippen LogP contribution < -0.4 is 0 Å². The van der Waals surface area contributed by atoms with Crippen LogP contribution in [0.4, 0.5) is 0 Å². The zero-order valence-electron chi connectivity index (χ0n) is 28.7. The van der Waals surface area contributed by atoms with Crippen LogP contribution in [0, 0.1) is 5.92 Å². The third kappa shape index (κ3) is 33.8. The van der Waals surface area contributed by atoms with E-state index >= 15 is 0 Å². The van der Waals surface area contributed by atoms with E-state index < -0.39 is 5.97 Å². The van der Waals surface area contributed by atoms with Crippen LogP contribution in [0.2, 0.25) is 0 Å². The highest BCUT2D eigenvalue weighted by molar-refractivity contribution is 5.69. The SMILES string of the molecule is CCCCCCCCCCCCCCCCCCCCCCCCCCCC(CCCCCCCCCC)C(=O)O. The van der Waals surface area contributed by atoms with E-state index in [1.807, 2.05) is 0 Å². The third-order valence-electron chi connectivity index (χ3n) is 9.41. The van der Waals surface area contributed by atoms with E-state index in [-0.39, 0.29) is 5.92 Å². The molecule has 0 aromatic heterocycles. The minimum absolute atomic E-state index is 0.0976. The van der Waals surface area contributed by atoms with Crippen molar-refractivity contribution < 1.29 is 9.90 Å². The van der Waals surface area contributed by atoms with Crippen molar-refractivity contribution in [3.63, 3.8) is 0 Å². The van der Waals surface area contributed by atoms with Gasteiger partial charge in [-0.05, 0) is 12.8 Å². The fourth-order valence-corrected chi connectivity index (χ4v) is 6.45. The van der Waals surface area contributed by atoms with Gasteiger partial charge in [0.15, 0.2) is 0 Å². The fourth-order valence-electron chi connectivity index (χ4n) is 6.45. The summed E-state index contributed by atoms with van der Waals surface area (Å²) in [6.45, 7) is 4.56. The molecular weight excluding hydrogens is 500 g/mol. The molecule has 0 aliphatic heterocycles. The maximum absolute atomic E-state index is 11.6. The lowest BCUT2D eigenvalue weighted by Gasteiger charge is -2.12. The van der Waals surface area contributed by atoms with E-state index in [1.165, 1.54) is 199 Å². The minimum Gasteiger partial charge on any atom is -0.481 e. The molecule has 0 saturated carbocycles. The van der Waals surface area contributed by atoms with E-state index in [0.717, 1.165) is 25.7 Å². The smallest absolute Gasteiger partial charge is 0.306 e. The standard InChI is InChI=1S/C39H78O2/c1-3-5-7-9-11-13-14-15-16-17-18-19-20-21-22-23-24-25-26-27-28-29-31-33-35-37-38(39(40)41)36-34-32-30-12-10-8-6-4-2/h38H,3-37H2,1-2H3,(H,40,41). The molecule has 1 N–H and O–H groups in total. The van der Waals surface area contributed by atoms with Gasteiger partial charge in [0.25, 0.3) is 0 Å². The summed E-state index contributed by atoms with van der Waals surface area (Å²) in [7, 11) is 0. The van der Waals surface area contributed by atoms with Gasteiger partial charge in [-0.25, -0.2) is 0 Å². The summed E-state index contributed by atoms with van der Waals surface area (Å²) in [6.07, 6.45) is 47.4. The number of rotatable bonds is 36. The zero-order chi connectivity index (χ0) is 29.9. The monoisotopic (exact) mass is 579 g/mol. The number of carboxylic acid groups (broad SMARTS) is 1. The number of carbonyl (C=O) groups is 1. The molecule has 2 heteroatoms. The molecule has 0 aromatic rings. The predicted octanol–water partition coefficient (Wildman–Crippen LogP) is 14.4. The first-order chi connectivity index (χ1) is 20.2. The van der Waals surface area contributed by atoms with E-state index in [4.69, 9.17) is 0 Å². The molecule has 0 spiro atoms.